The molecule has 2 nitrogen and oxygen atoms in total. The molecule has 1 saturated carbocycles. The summed E-state index contributed by atoms with van der Waals surface area (Å²) in [6, 6.07) is 2.68. The smallest absolute Gasteiger partial charge is 0.0684 e. The predicted molar refractivity (Wildman–Crippen MR) is 91.6 cm³/mol. The summed E-state index contributed by atoms with van der Waals surface area (Å²) in [5, 5.41) is 3.75. The van der Waals surface area contributed by atoms with Gasteiger partial charge in [0.25, 0.3) is 0 Å². The van der Waals surface area contributed by atoms with Crippen LogP contribution in [0.25, 0.3) is 0 Å². The molecule has 20 heavy (non-hydrogen) atoms. The maximum absolute atomic E-state index is 4.49. The summed E-state index contributed by atoms with van der Waals surface area (Å²) in [4.78, 5) is 4.49. The van der Waals surface area contributed by atoms with Gasteiger partial charge in [-0.25, -0.2) is 0 Å². The van der Waals surface area contributed by atoms with Gasteiger partial charge < -0.3 is 5.32 Å². The van der Waals surface area contributed by atoms with Gasteiger partial charge in [0.05, 0.1) is 5.69 Å². The average Bonchev–Trinajstić information content (AvgIpc) is 2.37. The van der Waals surface area contributed by atoms with Gasteiger partial charge in [0.1, 0.15) is 0 Å². The van der Waals surface area contributed by atoms with Crippen LogP contribution in [-0.2, 0) is 6.54 Å². The molecule has 0 aliphatic heterocycles. The van der Waals surface area contributed by atoms with Crippen LogP contribution in [0.5, 0.6) is 0 Å². The van der Waals surface area contributed by atoms with E-state index in [0.29, 0.717) is 6.04 Å². The summed E-state index contributed by atoms with van der Waals surface area (Å²) in [5.74, 6) is 2.38. The molecular weight excluding hydrogens is 380 g/mol. The third kappa shape index (κ3) is 4.28. The molecule has 3 atom stereocenters. The van der Waals surface area contributed by atoms with Crippen LogP contribution in [-0.4, -0.2) is 11.0 Å². The highest BCUT2D eigenvalue weighted by atomic mass is 79.9. The van der Waals surface area contributed by atoms with E-state index in [2.05, 4.69) is 69.0 Å². The first-order valence-corrected chi connectivity index (χ1v) is 9.09. The van der Waals surface area contributed by atoms with E-state index in [9.17, 15) is 0 Å². The molecule has 1 aromatic rings. The van der Waals surface area contributed by atoms with Crippen molar-refractivity contribution >= 4 is 31.9 Å². The zero-order chi connectivity index (χ0) is 14.7. The Morgan fingerprint density at radius 1 is 1.35 bits per heavy atom. The molecule has 112 valence electrons. The highest BCUT2D eigenvalue weighted by Crippen LogP contribution is 2.33. The zero-order valence-corrected chi connectivity index (χ0v) is 15.7. The molecule has 2 rings (SSSR count). The number of nitrogens with one attached hydrogen (secondary N) is 1. The minimum Gasteiger partial charge on any atom is -0.308 e. The van der Waals surface area contributed by atoms with Crippen LogP contribution >= 0.6 is 31.9 Å². The quantitative estimate of drug-likeness (QED) is 0.751. The molecule has 0 aromatic carbocycles. The Hall–Kier alpha value is 0.0700. The Bertz CT molecular complexity index is 448. The largest absolute Gasteiger partial charge is 0.308 e. The van der Waals surface area contributed by atoms with Gasteiger partial charge in [-0.3, -0.25) is 4.98 Å². The summed E-state index contributed by atoms with van der Waals surface area (Å²) >= 11 is 7.04. The van der Waals surface area contributed by atoms with E-state index in [4.69, 9.17) is 0 Å². The Balaban J connectivity index is 2.00. The van der Waals surface area contributed by atoms with Crippen molar-refractivity contribution < 1.29 is 0 Å². The van der Waals surface area contributed by atoms with Crippen LogP contribution in [0.1, 0.15) is 45.7 Å². The number of hydrogen-bond donors (Lipinski definition) is 1. The molecular formula is C16H24Br2N2. The van der Waals surface area contributed by atoms with E-state index in [1.54, 1.807) is 0 Å². The van der Waals surface area contributed by atoms with E-state index in [1.165, 1.54) is 19.3 Å². The fourth-order valence-electron chi connectivity index (χ4n) is 3.24. The van der Waals surface area contributed by atoms with Crippen LogP contribution in [0.4, 0.5) is 0 Å². The Labute approximate surface area is 139 Å². The van der Waals surface area contributed by atoms with Crippen molar-refractivity contribution in [2.45, 2.75) is 52.6 Å². The zero-order valence-electron chi connectivity index (χ0n) is 12.5. The van der Waals surface area contributed by atoms with Crippen molar-refractivity contribution in [3.8, 4) is 0 Å². The topological polar surface area (TPSA) is 24.9 Å². The summed E-state index contributed by atoms with van der Waals surface area (Å²) in [7, 11) is 0. The first-order valence-electron chi connectivity index (χ1n) is 7.50. The van der Waals surface area contributed by atoms with Gasteiger partial charge in [0.2, 0.25) is 0 Å². The number of nitrogens with zero attached hydrogens (tertiary/aromatic N) is 1. The lowest BCUT2D eigenvalue weighted by molar-refractivity contribution is 0.168. The summed E-state index contributed by atoms with van der Waals surface area (Å²) in [5.41, 5.74) is 1.09. The van der Waals surface area contributed by atoms with E-state index < -0.39 is 0 Å². The van der Waals surface area contributed by atoms with Crippen molar-refractivity contribution in [2.75, 3.05) is 0 Å². The third-order valence-corrected chi connectivity index (χ3v) is 5.56. The highest BCUT2D eigenvalue weighted by molar-refractivity contribution is 9.11. The monoisotopic (exact) mass is 402 g/mol. The molecule has 1 aromatic heterocycles. The van der Waals surface area contributed by atoms with Crippen molar-refractivity contribution in [3.63, 3.8) is 0 Å². The van der Waals surface area contributed by atoms with Crippen molar-refractivity contribution in [1.82, 2.24) is 10.3 Å². The Kier molecular flexibility index (Phi) is 6.06. The molecule has 4 heteroatoms. The highest BCUT2D eigenvalue weighted by Gasteiger charge is 2.30. The first-order chi connectivity index (χ1) is 9.47. The molecule has 3 unspecified atom stereocenters. The summed E-state index contributed by atoms with van der Waals surface area (Å²) < 4.78 is 2.09. The number of rotatable bonds is 4. The molecule has 1 aliphatic carbocycles. The fraction of sp³-hybridized carbons (Fsp3) is 0.688. The van der Waals surface area contributed by atoms with Crippen LogP contribution < -0.4 is 5.32 Å². The lowest BCUT2D eigenvalue weighted by atomic mass is 9.74. The molecule has 1 fully saturated rings. The minimum absolute atomic E-state index is 0.621. The molecule has 1 heterocycles. The van der Waals surface area contributed by atoms with Crippen molar-refractivity contribution in [3.05, 3.63) is 26.9 Å². The average molecular weight is 404 g/mol. The van der Waals surface area contributed by atoms with Gasteiger partial charge in [-0.15, -0.1) is 0 Å². The maximum atomic E-state index is 4.49. The number of pyridine rings is 1. The van der Waals surface area contributed by atoms with E-state index >= 15 is 0 Å². The molecule has 0 spiro atoms. The van der Waals surface area contributed by atoms with Crippen molar-refractivity contribution in [1.29, 1.82) is 0 Å². The van der Waals surface area contributed by atoms with Gasteiger partial charge in [-0.1, -0.05) is 27.2 Å². The molecule has 0 bridgehead atoms. The Morgan fingerprint density at radius 2 is 2.10 bits per heavy atom. The van der Waals surface area contributed by atoms with Gasteiger partial charge in [-0.2, -0.15) is 0 Å². The second-order valence-electron chi connectivity index (χ2n) is 6.40. The first kappa shape index (κ1) is 16.4. The third-order valence-electron chi connectivity index (χ3n) is 4.44. The van der Waals surface area contributed by atoms with Crippen molar-refractivity contribution in [2.24, 2.45) is 17.8 Å². The standard InChI is InChI=1S/C16H24Br2N2/c1-10(2)13-5-4-11(3)6-15(13)20-9-16-14(18)7-12(17)8-19-16/h7-8,10-11,13,15,20H,4-6,9H2,1-3H3. The van der Waals surface area contributed by atoms with E-state index in [-0.39, 0.29) is 0 Å². The van der Waals surface area contributed by atoms with Gasteiger partial charge in [-0.05, 0) is 68.5 Å². The predicted octanol–water partition coefficient (Wildman–Crippen LogP) is 5.16. The second kappa shape index (κ2) is 7.37. The van der Waals surface area contributed by atoms with Gasteiger partial charge in [0, 0.05) is 27.7 Å². The van der Waals surface area contributed by atoms with Gasteiger partial charge in [0.15, 0.2) is 0 Å². The molecule has 1 aliphatic rings. The van der Waals surface area contributed by atoms with Crippen LogP contribution in [0.15, 0.2) is 21.2 Å². The van der Waals surface area contributed by atoms with Crippen LogP contribution in [0, 0.1) is 17.8 Å². The lowest BCUT2D eigenvalue weighted by Crippen LogP contribution is -2.42. The number of aromatic nitrogens is 1. The molecule has 0 saturated heterocycles. The van der Waals surface area contributed by atoms with Gasteiger partial charge >= 0.3 is 0 Å². The number of hydrogen-bond acceptors (Lipinski definition) is 2. The summed E-state index contributed by atoms with van der Waals surface area (Å²) in [6.07, 6.45) is 5.88. The SMILES string of the molecule is CC1CCC(C(C)C)C(NCc2ncc(Br)cc2Br)C1. The number of halogens is 2. The molecule has 1 N–H and O–H groups in total. The molecule has 0 radical (unpaired) electrons. The minimum atomic E-state index is 0.621. The van der Waals surface area contributed by atoms with Crippen LogP contribution in [0.3, 0.4) is 0 Å². The maximum Gasteiger partial charge on any atom is 0.0684 e. The van der Waals surface area contributed by atoms with Crippen LogP contribution in [0.2, 0.25) is 0 Å². The fourth-order valence-corrected chi connectivity index (χ4v) is 4.37. The van der Waals surface area contributed by atoms with E-state index in [0.717, 1.165) is 38.9 Å². The second-order valence-corrected chi connectivity index (χ2v) is 8.17. The summed E-state index contributed by atoms with van der Waals surface area (Å²) in [6.45, 7) is 7.92. The lowest BCUT2D eigenvalue weighted by Gasteiger charge is -2.38. The normalized spacial score (nSPS) is 27.0. The molecule has 0 amide bonds. The Morgan fingerprint density at radius 3 is 2.75 bits per heavy atom. The van der Waals surface area contributed by atoms with E-state index in [1.807, 2.05) is 6.20 Å².